The number of benzene rings is 2. The van der Waals surface area contributed by atoms with Crippen molar-refractivity contribution in [2.75, 3.05) is 19.1 Å². The highest BCUT2D eigenvalue weighted by Gasteiger charge is 2.10. The Hall–Kier alpha value is -1.74. The number of hydrogen-bond donors (Lipinski definition) is 0. The van der Waals surface area contributed by atoms with E-state index in [1.807, 2.05) is 37.4 Å². The quantitative estimate of drug-likeness (QED) is 0.772. The van der Waals surface area contributed by atoms with Crippen molar-refractivity contribution >= 4 is 23.0 Å². The van der Waals surface area contributed by atoms with Crippen molar-refractivity contribution in [2.45, 2.75) is 5.88 Å². The topological polar surface area (TPSA) is 12.5 Å². The first-order valence-electron chi connectivity index (χ1n) is 5.88. The molecule has 0 unspecified atom stereocenters. The lowest BCUT2D eigenvalue weighted by molar-refractivity contribution is 0.415. The Labute approximate surface area is 117 Å². The standard InChI is InChI=1S/C15H15ClFNO/c1-18(12-4-3-5-13(9-12)19-2)15-7-6-11(10-16)8-14(15)17/h3-9H,10H2,1-2H3. The van der Waals surface area contributed by atoms with Crippen molar-refractivity contribution in [2.24, 2.45) is 0 Å². The Morgan fingerprint density at radius 2 is 2.00 bits per heavy atom. The highest BCUT2D eigenvalue weighted by atomic mass is 35.5. The zero-order valence-electron chi connectivity index (χ0n) is 10.9. The monoisotopic (exact) mass is 279 g/mol. The molecule has 0 N–H and O–H groups in total. The summed E-state index contributed by atoms with van der Waals surface area (Å²) in [6.07, 6.45) is 0. The maximum absolute atomic E-state index is 14.0. The number of halogens is 2. The molecule has 2 aromatic rings. The SMILES string of the molecule is COc1cccc(N(C)c2ccc(CCl)cc2F)c1. The van der Waals surface area contributed by atoms with E-state index >= 15 is 0 Å². The minimum absolute atomic E-state index is 0.288. The van der Waals surface area contributed by atoms with Crippen molar-refractivity contribution in [3.05, 3.63) is 53.8 Å². The van der Waals surface area contributed by atoms with Gasteiger partial charge in [0.25, 0.3) is 0 Å². The van der Waals surface area contributed by atoms with Gasteiger partial charge in [-0.25, -0.2) is 4.39 Å². The van der Waals surface area contributed by atoms with Crippen LogP contribution in [0.25, 0.3) is 0 Å². The lowest BCUT2D eigenvalue weighted by Crippen LogP contribution is -2.11. The molecule has 0 amide bonds. The minimum atomic E-state index is -0.288. The van der Waals surface area contributed by atoms with Crippen molar-refractivity contribution in [1.29, 1.82) is 0 Å². The van der Waals surface area contributed by atoms with Crippen molar-refractivity contribution in [3.8, 4) is 5.75 Å². The molecule has 0 aromatic heterocycles. The van der Waals surface area contributed by atoms with Gasteiger partial charge >= 0.3 is 0 Å². The molecule has 0 aliphatic carbocycles. The minimum Gasteiger partial charge on any atom is -0.497 e. The third kappa shape index (κ3) is 2.99. The molecule has 0 fully saturated rings. The van der Waals surface area contributed by atoms with E-state index in [0.29, 0.717) is 11.6 Å². The van der Waals surface area contributed by atoms with E-state index in [9.17, 15) is 4.39 Å². The second-order valence-corrected chi connectivity index (χ2v) is 4.45. The number of anilines is 2. The molecule has 19 heavy (non-hydrogen) atoms. The summed E-state index contributed by atoms with van der Waals surface area (Å²) in [5.74, 6) is 0.755. The number of methoxy groups -OCH3 is 1. The van der Waals surface area contributed by atoms with E-state index in [-0.39, 0.29) is 5.82 Å². The largest absolute Gasteiger partial charge is 0.497 e. The van der Waals surface area contributed by atoms with Gasteiger partial charge in [-0.15, -0.1) is 11.6 Å². The van der Waals surface area contributed by atoms with Crippen LogP contribution >= 0.6 is 11.6 Å². The predicted molar refractivity (Wildman–Crippen MR) is 77.0 cm³/mol. The van der Waals surface area contributed by atoms with E-state index in [0.717, 1.165) is 17.0 Å². The molecule has 2 nitrogen and oxygen atoms in total. The molecule has 0 saturated heterocycles. The Morgan fingerprint density at radius 1 is 1.21 bits per heavy atom. The fourth-order valence-corrected chi connectivity index (χ4v) is 2.03. The van der Waals surface area contributed by atoms with Gasteiger partial charge in [-0.3, -0.25) is 0 Å². The van der Waals surface area contributed by atoms with Gasteiger partial charge < -0.3 is 9.64 Å². The fraction of sp³-hybridized carbons (Fsp3) is 0.200. The molecule has 0 aliphatic rings. The van der Waals surface area contributed by atoms with Gasteiger partial charge in [0.05, 0.1) is 12.8 Å². The van der Waals surface area contributed by atoms with Crippen LogP contribution < -0.4 is 9.64 Å². The Bertz CT molecular complexity index is 574. The summed E-state index contributed by atoms with van der Waals surface area (Å²) in [7, 11) is 3.42. The van der Waals surface area contributed by atoms with Crippen molar-refractivity contribution < 1.29 is 9.13 Å². The van der Waals surface area contributed by atoms with E-state index in [1.165, 1.54) is 6.07 Å². The van der Waals surface area contributed by atoms with E-state index in [2.05, 4.69) is 0 Å². The molecule has 0 bridgehead atoms. The summed E-state index contributed by atoms with van der Waals surface area (Å²) in [6, 6.07) is 12.5. The molecular formula is C15H15ClFNO. The van der Waals surface area contributed by atoms with Gasteiger partial charge in [0.1, 0.15) is 11.6 Å². The molecule has 100 valence electrons. The molecular weight excluding hydrogens is 265 g/mol. The first-order chi connectivity index (χ1) is 9.15. The summed E-state index contributed by atoms with van der Waals surface area (Å²) in [4.78, 5) is 1.77. The predicted octanol–water partition coefficient (Wildman–Crippen LogP) is 4.34. The zero-order valence-corrected chi connectivity index (χ0v) is 11.6. The number of ether oxygens (including phenoxy) is 1. The van der Waals surface area contributed by atoms with Crippen LogP contribution in [0.2, 0.25) is 0 Å². The van der Waals surface area contributed by atoms with E-state index in [1.54, 1.807) is 18.1 Å². The molecule has 4 heteroatoms. The lowest BCUT2D eigenvalue weighted by Gasteiger charge is -2.21. The third-order valence-electron chi connectivity index (χ3n) is 2.97. The summed E-state index contributed by atoms with van der Waals surface area (Å²) in [6.45, 7) is 0. The number of alkyl halides is 1. The highest BCUT2D eigenvalue weighted by molar-refractivity contribution is 6.17. The second kappa shape index (κ2) is 5.93. The zero-order chi connectivity index (χ0) is 13.8. The normalized spacial score (nSPS) is 10.3. The second-order valence-electron chi connectivity index (χ2n) is 4.18. The maximum Gasteiger partial charge on any atom is 0.147 e. The number of rotatable bonds is 4. The van der Waals surface area contributed by atoms with Crippen LogP contribution in [0.15, 0.2) is 42.5 Å². The highest BCUT2D eigenvalue weighted by Crippen LogP contribution is 2.29. The van der Waals surface area contributed by atoms with Gasteiger partial charge in [-0.2, -0.15) is 0 Å². The van der Waals surface area contributed by atoms with Crippen LogP contribution in [-0.4, -0.2) is 14.2 Å². The molecule has 0 spiro atoms. The smallest absolute Gasteiger partial charge is 0.147 e. The third-order valence-corrected chi connectivity index (χ3v) is 3.28. The number of nitrogens with zero attached hydrogens (tertiary/aromatic N) is 1. The lowest BCUT2D eigenvalue weighted by atomic mass is 10.2. The molecule has 0 saturated carbocycles. The molecule has 2 aromatic carbocycles. The van der Waals surface area contributed by atoms with Crippen molar-refractivity contribution in [1.82, 2.24) is 0 Å². The van der Waals surface area contributed by atoms with Gasteiger partial charge in [0.15, 0.2) is 0 Å². The summed E-state index contributed by atoms with van der Waals surface area (Å²) < 4.78 is 19.2. The van der Waals surface area contributed by atoms with Crippen LogP contribution in [0.3, 0.4) is 0 Å². The average molecular weight is 280 g/mol. The Balaban J connectivity index is 2.35. The first kappa shape index (κ1) is 13.7. The van der Waals surface area contributed by atoms with Gasteiger partial charge in [-0.05, 0) is 29.8 Å². The van der Waals surface area contributed by atoms with Crippen LogP contribution in [0.1, 0.15) is 5.56 Å². The Kier molecular flexibility index (Phi) is 4.27. The van der Waals surface area contributed by atoms with Gasteiger partial charge in [-0.1, -0.05) is 12.1 Å². The van der Waals surface area contributed by atoms with E-state index in [4.69, 9.17) is 16.3 Å². The molecule has 0 heterocycles. The summed E-state index contributed by atoms with van der Waals surface area (Å²) in [5, 5.41) is 0. The molecule has 0 radical (unpaired) electrons. The molecule has 0 atom stereocenters. The summed E-state index contributed by atoms with van der Waals surface area (Å²) in [5.41, 5.74) is 2.13. The molecule has 2 rings (SSSR count). The van der Waals surface area contributed by atoms with Gasteiger partial charge in [0.2, 0.25) is 0 Å². The first-order valence-corrected chi connectivity index (χ1v) is 6.41. The average Bonchev–Trinajstić information content (AvgIpc) is 2.46. The Morgan fingerprint density at radius 3 is 2.63 bits per heavy atom. The van der Waals surface area contributed by atoms with Crippen LogP contribution in [0, 0.1) is 5.82 Å². The van der Waals surface area contributed by atoms with Crippen LogP contribution in [-0.2, 0) is 5.88 Å². The summed E-state index contributed by atoms with van der Waals surface area (Å²) >= 11 is 5.69. The number of hydrogen-bond acceptors (Lipinski definition) is 2. The van der Waals surface area contributed by atoms with Gasteiger partial charge in [0, 0.05) is 24.7 Å². The van der Waals surface area contributed by atoms with Crippen LogP contribution in [0.4, 0.5) is 15.8 Å². The maximum atomic E-state index is 14.0. The van der Waals surface area contributed by atoms with Crippen LogP contribution in [0.5, 0.6) is 5.75 Å². The molecule has 0 aliphatic heterocycles. The fourth-order valence-electron chi connectivity index (χ4n) is 1.86. The van der Waals surface area contributed by atoms with Crippen molar-refractivity contribution in [3.63, 3.8) is 0 Å². The van der Waals surface area contributed by atoms with E-state index < -0.39 is 0 Å².